The lowest BCUT2D eigenvalue weighted by atomic mass is 9.93. The summed E-state index contributed by atoms with van der Waals surface area (Å²) in [5.41, 5.74) is 1.95. The van der Waals surface area contributed by atoms with Crippen molar-refractivity contribution in [3.63, 3.8) is 0 Å². The summed E-state index contributed by atoms with van der Waals surface area (Å²) in [5.74, 6) is 0. The predicted molar refractivity (Wildman–Crippen MR) is 75.6 cm³/mol. The van der Waals surface area contributed by atoms with E-state index in [4.69, 9.17) is 0 Å². The number of hydrogen-bond donors (Lipinski definition) is 1. The molecule has 3 heteroatoms. The molecule has 0 atom stereocenters. The molecule has 0 saturated carbocycles. The van der Waals surface area contributed by atoms with Crippen molar-refractivity contribution < 1.29 is 0 Å². The van der Waals surface area contributed by atoms with Crippen LogP contribution in [0.5, 0.6) is 0 Å². The van der Waals surface area contributed by atoms with Gasteiger partial charge in [0.25, 0.3) is 0 Å². The summed E-state index contributed by atoms with van der Waals surface area (Å²) in [6.07, 6.45) is 1.34. The molecule has 0 radical (unpaired) electrons. The molecule has 0 aliphatic carbocycles. The Hall–Kier alpha value is -0.380. The third kappa shape index (κ3) is 3.80. The van der Waals surface area contributed by atoms with Gasteiger partial charge in [-0.05, 0) is 42.3 Å². The Balaban J connectivity index is 1.63. The molecule has 17 heavy (non-hydrogen) atoms. The van der Waals surface area contributed by atoms with E-state index in [1.165, 1.54) is 36.5 Å². The number of rotatable bonds is 5. The van der Waals surface area contributed by atoms with Crippen LogP contribution in [0.25, 0.3) is 0 Å². The van der Waals surface area contributed by atoms with Crippen LogP contribution >= 0.6 is 11.3 Å². The van der Waals surface area contributed by atoms with E-state index in [2.05, 4.69) is 42.4 Å². The Bertz CT molecular complexity index is 357. The predicted octanol–water partition coefficient (Wildman–Crippen LogP) is 2.88. The Morgan fingerprint density at radius 3 is 2.88 bits per heavy atom. The van der Waals surface area contributed by atoms with E-state index in [0.29, 0.717) is 5.41 Å². The Labute approximate surface area is 109 Å². The van der Waals surface area contributed by atoms with Gasteiger partial charge in [0.05, 0.1) is 0 Å². The van der Waals surface area contributed by atoms with Crippen LogP contribution in [0.15, 0.2) is 11.4 Å². The smallest absolute Gasteiger partial charge is 0.0302 e. The zero-order valence-corrected chi connectivity index (χ0v) is 12.1. The number of thiophene rings is 1. The molecule has 0 aromatic carbocycles. The number of nitrogens with one attached hydrogen (secondary N) is 1. The second kappa shape index (κ2) is 5.51. The van der Waals surface area contributed by atoms with Crippen molar-refractivity contribution in [2.75, 3.05) is 26.2 Å². The van der Waals surface area contributed by atoms with E-state index in [0.717, 1.165) is 13.1 Å². The number of nitrogens with zero attached hydrogens (tertiary/aromatic N) is 1. The second-order valence-corrected chi connectivity index (χ2v) is 6.89. The molecule has 1 saturated heterocycles. The van der Waals surface area contributed by atoms with Crippen molar-refractivity contribution in [2.24, 2.45) is 5.41 Å². The van der Waals surface area contributed by atoms with E-state index >= 15 is 0 Å². The van der Waals surface area contributed by atoms with Crippen molar-refractivity contribution in [3.05, 3.63) is 21.9 Å². The molecule has 1 aliphatic rings. The van der Waals surface area contributed by atoms with E-state index in [1.54, 1.807) is 0 Å². The number of hydrogen-bond acceptors (Lipinski definition) is 3. The molecule has 0 amide bonds. The van der Waals surface area contributed by atoms with E-state index in [1.807, 2.05) is 11.3 Å². The highest BCUT2D eigenvalue weighted by molar-refractivity contribution is 7.10. The fourth-order valence-corrected chi connectivity index (χ4v) is 3.32. The van der Waals surface area contributed by atoms with Crippen LogP contribution in [0, 0.1) is 12.3 Å². The highest BCUT2D eigenvalue weighted by Gasteiger charge is 2.28. The topological polar surface area (TPSA) is 15.3 Å². The van der Waals surface area contributed by atoms with Gasteiger partial charge in [-0.15, -0.1) is 11.3 Å². The lowest BCUT2D eigenvalue weighted by Crippen LogP contribution is -2.31. The average molecular weight is 252 g/mol. The third-order valence-electron chi connectivity index (χ3n) is 3.61. The van der Waals surface area contributed by atoms with Crippen LogP contribution in [0.4, 0.5) is 0 Å². The minimum absolute atomic E-state index is 0.532. The molecule has 2 rings (SSSR count). The molecular weight excluding hydrogens is 228 g/mol. The van der Waals surface area contributed by atoms with Gasteiger partial charge < -0.3 is 10.2 Å². The normalized spacial score (nSPS) is 19.9. The first kappa shape index (κ1) is 13.1. The molecule has 2 nitrogen and oxygen atoms in total. The average Bonchev–Trinajstić information content (AvgIpc) is 2.80. The highest BCUT2D eigenvalue weighted by atomic mass is 32.1. The van der Waals surface area contributed by atoms with Crippen molar-refractivity contribution >= 4 is 11.3 Å². The van der Waals surface area contributed by atoms with Gasteiger partial charge in [-0.2, -0.15) is 0 Å². The van der Waals surface area contributed by atoms with E-state index in [-0.39, 0.29) is 0 Å². The first-order valence-corrected chi connectivity index (χ1v) is 7.41. The maximum Gasteiger partial charge on any atom is 0.0302 e. The SMILES string of the molecule is Cc1ccsc1CNCCN1CCC(C)(C)C1. The lowest BCUT2D eigenvalue weighted by molar-refractivity contribution is 0.290. The summed E-state index contributed by atoms with van der Waals surface area (Å²) >= 11 is 1.86. The van der Waals surface area contributed by atoms with Gasteiger partial charge in [-0.3, -0.25) is 0 Å². The van der Waals surface area contributed by atoms with Gasteiger partial charge in [0, 0.05) is 31.1 Å². The summed E-state index contributed by atoms with van der Waals surface area (Å²) in [6, 6.07) is 2.20. The molecule has 1 N–H and O–H groups in total. The molecule has 1 aromatic rings. The molecule has 96 valence electrons. The van der Waals surface area contributed by atoms with Crippen LogP contribution in [0.2, 0.25) is 0 Å². The number of likely N-dealkylation sites (tertiary alicyclic amines) is 1. The van der Waals surface area contributed by atoms with Gasteiger partial charge in [0.2, 0.25) is 0 Å². The quantitative estimate of drug-likeness (QED) is 0.811. The summed E-state index contributed by atoms with van der Waals surface area (Å²) in [6.45, 7) is 12.8. The Morgan fingerprint density at radius 2 is 2.29 bits per heavy atom. The van der Waals surface area contributed by atoms with Gasteiger partial charge in [-0.1, -0.05) is 13.8 Å². The van der Waals surface area contributed by atoms with Gasteiger partial charge in [0.15, 0.2) is 0 Å². The van der Waals surface area contributed by atoms with Crippen molar-refractivity contribution in [1.29, 1.82) is 0 Å². The fourth-order valence-electron chi connectivity index (χ4n) is 2.44. The minimum Gasteiger partial charge on any atom is -0.311 e. The largest absolute Gasteiger partial charge is 0.311 e. The van der Waals surface area contributed by atoms with Crippen molar-refractivity contribution in [3.8, 4) is 0 Å². The third-order valence-corrected chi connectivity index (χ3v) is 4.64. The summed E-state index contributed by atoms with van der Waals surface area (Å²) in [4.78, 5) is 4.06. The minimum atomic E-state index is 0.532. The van der Waals surface area contributed by atoms with Gasteiger partial charge in [0.1, 0.15) is 0 Å². The second-order valence-electron chi connectivity index (χ2n) is 5.89. The zero-order valence-electron chi connectivity index (χ0n) is 11.3. The van der Waals surface area contributed by atoms with Crippen LogP contribution in [-0.4, -0.2) is 31.1 Å². The molecule has 1 aromatic heterocycles. The zero-order chi connectivity index (χ0) is 12.3. The first-order chi connectivity index (χ1) is 8.07. The summed E-state index contributed by atoms with van der Waals surface area (Å²) in [7, 11) is 0. The van der Waals surface area contributed by atoms with Gasteiger partial charge >= 0.3 is 0 Å². The summed E-state index contributed by atoms with van der Waals surface area (Å²) < 4.78 is 0. The standard InChI is InChI=1S/C14H24N2S/c1-12-4-9-17-13(12)10-15-6-8-16-7-5-14(2,3)11-16/h4,9,15H,5-8,10-11H2,1-3H3. The summed E-state index contributed by atoms with van der Waals surface area (Å²) in [5, 5.41) is 5.73. The molecule has 1 fully saturated rings. The Kier molecular flexibility index (Phi) is 4.23. The maximum atomic E-state index is 3.55. The van der Waals surface area contributed by atoms with Crippen LogP contribution in [-0.2, 0) is 6.54 Å². The molecule has 1 aliphatic heterocycles. The van der Waals surface area contributed by atoms with E-state index < -0.39 is 0 Å². The van der Waals surface area contributed by atoms with Crippen LogP contribution < -0.4 is 5.32 Å². The Morgan fingerprint density at radius 1 is 1.47 bits per heavy atom. The highest BCUT2D eigenvalue weighted by Crippen LogP contribution is 2.28. The fraction of sp³-hybridized carbons (Fsp3) is 0.714. The molecule has 0 unspecified atom stereocenters. The first-order valence-electron chi connectivity index (χ1n) is 6.53. The lowest BCUT2D eigenvalue weighted by Gasteiger charge is -2.19. The monoisotopic (exact) mass is 252 g/mol. The molecule has 0 spiro atoms. The molecule has 0 bridgehead atoms. The van der Waals surface area contributed by atoms with E-state index in [9.17, 15) is 0 Å². The number of aryl methyl sites for hydroxylation is 1. The van der Waals surface area contributed by atoms with Gasteiger partial charge in [-0.25, -0.2) is 0 Å². The van der Waals surface area contributed by atoms with Crippen LogP contribution in [0.1, 0.15) is 30.7 Å². The van der Waals surface area contributed by atoms with Crippen molar-refractivity contribution in [1.82, 2.24) is 10.2 Å². The maximum absolute atomic E-state index is 3.55. The molecular formula is C14H24N2S. The van der Waals surface area contributed by atoms with Crippen LogP contribution in [0.3, 0.4) is 0 Å². The molecule has 2 heterocycles. The van der Waals surface area contributed by atoms with Crippen molar-refractivity contribution in [2.45, 2.75) is 33.7 Å².